The normalized spacial score (nSPS) is 14.3. The predicted molar refractivity (Wildman–Crippen MR) is 68.4 cm³/mol. The standard InChI is InChI=1S/C12H24N2O4/c1-5-14(9(2)8-11(15)16)10(3)12(17)13-6-7-18-4/h9-10H,5-8H2,1-4H3,(H,13,17)(H,15,16). The molecule has 0 rings (SSSR count). The van der Waals surface area contributed by atoms with Crippen LogP contribution >= 0.6 is 0 Å². The van der Waals surface area contributed by atoms with Crippen LogP contribution in [0.3, 0.4) is 0 Å². The van der Waals surface area contributed by atoms with Crippen LogP contribution in [0, 0.1) is 0 Å². The molecule has 2 atom stereocenters. The van der Waals surface area contributed by atoms with E-state index < -0.39 is 5.97 Å². The minimum Gasteiger partial charge on any atom is -0.481 e. The van der Waals surface area contributed by atoms with Crippen LogP contribution in [0.4, 0.5) is 0 Å². The van der Waals surface area contributed by atoms with Crippen LogP contribution in [0.25, 0.3) is 0 Å². The highest BCUT2D eigenvalue weighted by atomic mass is 16.5. The van der Waals surface area contributed by atoms with E-state index >= 15 is 0 Å². The van der Waals surface area contributed by atoms with Gasteiger partial charge in [0.2, 0.25) is 5.91 Å². The Hall–Kier alpha value is -1.14. The van der Waals surface area contributed by atoms with Gasteiger partial charge >= 0.3 is 5.97 Å². The predicted octanol–water partition coefficient (Wildman–Crippen LogP) is 0.323. The van der Waals surface area contributed by atoms with Crippen molar-refractivity contribution in [3.05, 3.63) is 0 Å². The molecule has 0 spiro atoms. The van der Waals surface area contributed by atoms with Gasteiger partial charge in [-0.1, -0.05) is 6.92 Å². The Morgan fingerprint density at radius 1 is 1.39 bits per heavy atom. The van der Waals surface area contributed by atoms with Crippen molar-refractivity contribution in [2.24, 2.45) is 0 Å². The zero-order valence-electron chi connectivity index (χ0n) is 11.6. The van der Waals surface area contributed by atoms with Gasteiger partial charge in [-0.15, -0.1) is 0 Å². The van der Waals surface area contributed by atoms with Crippen molar-refractivity contribution in [3.63, 3.8) is 0 Å². The zero-order valence-corrected chi connectivity index (χ0v) is 11.6. The molecular formula is C12H24N2O4. The fourth-order valence-electron chi connectivity index (χ4n) is 1.91. The summed E-state index contributed by atoms with van der Waals surface area (Å²) in [6.07, 6.45) is 0.0313. The molecule has 106 valence electrons. The number of likely N-dealkylation sites (N-methyl/N-ethyl adjacent to an activating group) is 1. The third-order valence-electron chi connectivity index (χ3n) is 2.88. The summed E-state index contributed by atoms with van der Waals surface area (Å²) in [6.45, 7) is 7.07. The largest absolute Gasteiger partial charge is 0.481 e. The van der Waals surface area contributed by atoms with Crippen LogP contribution in [0.2, 0.25) is 0 Å². The fourth-order valence-corrected chi connectivity index (χ4v) is 1.91. The summed E-state index contributed by atoms with van der Waals surface area (Å²) >= 11 is 0. The highest BCUT2D eigenvalue weighted by molar-refractivity contribution is 5.81. The molecule has 0 aliphatic carbocycles. The maximum Gasteiger partial charge on any atom is 0.304 e. The summed E-state index contributed by atoms with van der Waals surface area (Å²) in [7, 11) is 1.57. The molecule has 6 heteroatoms. The van der Waals surface area contributed by atoms with Crippen LogP contribution in [-0.4, -0.2) is 60.8 Å². The first-order valence-electron chi connectivity index (χ1n) is 6.18. The van der Waals surface area contributed by atoms with Crippen molar-refractivity contribution in [2.45, 2.75) is 39.3 Å². The summed E-state index contributed by atoms with van der Waals surface area (Å²) in [4.78, 5) is 24.4. The van der Waals surface area contributed by atoms with Gasteiger partial charge in [-0.25, -0.2) is 0 Å². The first kappa shape index (κ1) is 16.9. The van der Waals surface area contributed by atoms with Crippen LogP contribution in [-0.2, 0) is 14.3 Å². The molecule has 0 aromatic heterocycles. The van der Waals surface area contributed by atoms with E-state index in [2.05, 4.69) is 5.32 Å². The Balaban J connectivity index is 4.35. The monoisotopic (exact) mass is 260 g/mol. The lowest BCUT2D eigenvalue weighted by molar-refractivity contribution is -0.139. The third-order valence-corrected chi connectivity index (χ3v) is 2.88. The van der Waals surface area contributed by atoms with Crippen molar-refractivity contribution in [1.29, 1.82) is 0 Å². The Labute approximate surface area is 108 Å². The minimum absolute atomic E-state index is 0.0313. The third kappa shape index (κ3) is 5.97. The summed E-state index contributed by atoms with van der Waals surface area (Å²) in [5.74, 6) is -0.959. The van der Waals surface area contributed by atoms with Crippen molar-refractivity contribution < 1.29 is 19.4 Å². The molecule has 2 unspecified atom stereocenters. The number of carboxylic acid groups (broad SMARTS) is 1. The SMILES string of the molecule is CCN(C(C)CC(=O)O)C(C)C(=O)NCCOC. The number of amides is 1. The van der Waals surface area contributed by atoms with E-state index in [1.54, 1.807) is 14.0 Å². The van der Waals surface area contributed by atoms with Crippen LogP contribution in [0.1, 0.15) is 27.2 Å². The fraction of sp³-hybridized carbons (Fsp3) is 0.833. The molecular weight excluding hydrogens is 236 g/mol. The molecule has 18 heavy (non-hydrogen) atoms. The average molecular weight is 260 g/mol. The highest BCUT2D eigenvalue weighted by Crippen LogP contribution is 2.09. The van der Waals surface area contributed by atoms with Crippen molar-refractivity contribution in [2.75, 3.05) is 26.8 Å². The Morgan fingerprint density at radius 2 is 2.00 bits per heavy atom. The maximum atomic E-state index is 11.9. The molecule has 0 bridgehead atoms. The molecule has 0 saturated carbocycles. The molecule has 0 aliphatic heterocycles. The Bertz CT molecular complexity index is 271. The van der Waals surface area contributed by atoms with Gasteiger partial charge in [0.25, 0.3) is 0 Å². The van der Waals surface area contributed by atoms with Gasteiger partial charge in [0.05, 0.1) is 19.1 Å². The quantitative estimate of drug-likeness (QED) is 0.584. The second-order valence-corrected chi connectivity index (χ2v) is 4.24. The Kier molecular flexibility index (Phi) is 8.32. The van der Waals surface area contributed by atoms with E-state index in [9.17, 15) is 9.59 Å². The molecule has 6 nitrogen and oxygen atoms in total. The molecule has 0 fully saturated rings. The number of carbonyl (C=O) groups is 2. The van der Waals surface area contributed by atoms with Gasteiger partial charge in [0, 0.05) is 19.7 Å². The summed E-state index contributed by atoms with van der Waals surface area (Å²) < 4.78 is 4.85. The summed E-state index contributed by atoms with van der Waals surface area (Å²) in [5, 5.41) is 11.5. The number of hydrogen-bond donors (Lipinski definition) is 2. The van der Waals surface area contributed by atoms with E-state index in [0.717, 1.165) is 0 Å². The van der Waals surface area contributed by atoms with Gasteiger partial charge in [-0.05, 0) is 20.4 Å². The maximum absolute atomic E-state index is 11.9. The molecule has 0 saturated heterocycles. The number of aliphatic carboxylic acids is 1. The number of ether oxygens (including phenoxy) is 1. The number of carboxylic acids is 1. The highest BCUT2D eigenvalue weighted by Gasteiger charge is 2.25. The lowest BCUT2D eigenvalue weighted by Crippen LogP contribution is -2.49. The van der Waals surface area contributed by atoms with E-state index in [1.807, 2.05) is 18.7 Å². The smallest absolute Gasteiger partial charge is 0.304 e. The molecule has 0 aliphatic rings. The van der Waals surface area contributed by atoms with Crippen molar-refractivity contribution in [1.82, 2.24) is 10.2 Å². The van der Waals surface area contributed by atoms with E-state index in [1.165, 1.54) is 0 Å². The van der Waals surface area contributed by atoms with Crippen LogP contribution in [0.15, 0.2) is 0 Å². The van der Waals surface area contributed by atoms with Gasteiger partial charge in [0.15, 0.2) is 0 Å². The molecule has 0 aromatic carbocycles. The topological polar surface area (TPSA) is 78.9 Å². The average Bonchev–Trinajstić information content (AvgIpc) is 2.28. The second kappa shape index (κ2) is 8.88. The number of nitrogens with zero attached hydrogens (tertiary/aromatic N) is 1. The van der Waals surface area contributed by atoms with Gasteiger partial charge < -0.3 is 15.2 Å². The number of nitrogens with one attached hydrogen (secondary N) is 1. The number of carbonyl (C=O) groups excluding carboxylic acids is 1. The second-order valence-electron chi connectivity index (χ2n) is 4.24. The Morgan fingerprint density at radius 3 is 2.44 bits per heavy atom. The minimum atomic E-state index is -0.854. The lowest BCUT2D eigenvalue weighted by atomic mass is 10.1. The van der Waals surface area contributed by atoms with Gasteiger partial charge in [-0.2, -0.15) is 0 Å². The molecule has 2 N–H and O–H groups in total. The first-order chi connectivity index (χ1) is 8.43. The molecule has 0 heterocycles. The van der Waals surface area contributed by atoms with E-state index in [-0.39, 0.29) is 24.4 Å². The lowest BCUT2D eigenvalue weighted by Gasteiger charge is -2.31. The number of rotatable bonds is 9. The van der Waals surface area contributed by atoms with Crippen LogP contribution in [0.5, 0.6) is 0 Å². The number of hydrogen-bond acceptors (Lipinski definition) is 4. The van der Waals surface area contributed by atoms with Crippen molar-refractivity contribution in [3.8, 4) is 0 Å². The zero-order chi connectivity index (χ0) is 14.1. The number of methoxy groups -OCH3 is 1. The van der Waals surface area contributed by atoms with Gasteiger partial charge in [-0.3, -0.25) is 14.5 Å². The van der Waals surface area contributed by atoms with Crippen molar-refractivity contribution >= 4 is 11.9 Å². The summed E-state index contributed by atoms with van der Waals surface area (Å²) in [5.41, 5.74) is 0. The van der Waals surface area contributed by atoms with Gasteiger partial charge in [0.1, 0.15) is 0 Å². The summed E-state index contributed by atoms with van der Waals surface area (Å²) in [6, 6.07) is -0.517. The first-order valence-corrected chi connectivity index (χ1v) is 6.18. The molecule has 0 radical (unpaired) electrons. The van der Waals surface area contributed by atoms with Crippen LogP contribution < -0.4 is 5.32 Å². The van der Waals surface area contributed by atoms with E-state index in [0.29, 0.717) is 19.7 Å². The molecule has 1 amide bonds. The van der Waals surface area contributed by atoms with E-state index in [4.69, 9.17) is 9.84 Å². The molecule has 0 aromatic rings.